The average Bonchev–Trinajstić information content (AvgIpc) is 3.03. The highest BCUT2D eigenvalue weighted by Gasteiger charge is 2.16. The third-order valence-electron chi connectivity index (χ3n) is 3.62. The molecule has 2 aromatic carbocycles. The second-order valence-corrected chi connectivity index (χ2v) is 5.68. The Kier molecular flexibility index (Phi) is 4.74. The summed E-state index contributed by atoms with van der Waals surface area (Å²) in [6.07, 6.45) is 0. The molecule has 0 fully saturated rings. The third-order valence-corrected chi connectivity index (χ3v) is 3.62. The molecule has 3 N–H and O–H groups in total. The Hall–Kier alpha value is -3.22. The number of amides is 2. The van der Waals surface area contributed by atoms with Crippen LogP contribution < -0.4 is 25.4 Å². The molecule has 1 aliphatic rings. The highest BCUT2D eigenvalue weighted by Crippen LogP contribution is 2.34. The first kappa shape index (κ1) is 16.6. The number of hydrogen-bond acceptors (Lipinski definition) is 5. The van der Waals surface area contributed by atoms with Gasteiger partial charge in [-0.1, -0.05) is 0 Å². The van der Waals surface area contributed by atoms with Gasteiger partial charge in [0.25, 0.3) is 0 Å². The van der Waals surface area contributed by atoms with Crippen molar-refractivity contribution in [3.8, 4) is 11.5 Å². The molecule has 0 unspecified atom stereocenters. The maximum Gasteiger partial charge on any atom is 0.246 e. The van der Waals surface area contributed by atoms with Crippen molar-refractivity contribution in [2.75, 3.05) is 22.7 Å². The molecule has 2 aromatic rings. The van der Waals surface area contributed by atoms with Gasteiger partial charge in [-0.05, 0) is 43.3 Å². The lowest BCUT2D eigenvalue weighted by molar-refractivity contribution is -0.116. The summed E-state index contributed by atoms with van der Waals surface area (Å²) in [5, 5.41) is 8.64. The van der Waals surface area contributed by atoms with Crippen molar-refractivity contribution >= 4 is 28.9 Å². The fourth-order valence-electron chi connectivity index (χ4n) is 2.39. The second kappa shape index (κ2) is 7.12. The number of nitrogens with one attached hydrogen (secondary N) is 3. The number of rotatable bonds is 5. The van der Waals surface area contributed by atoms with Gasteiger partial charge in [0.15, 0.2) is 11.5 Å². The molecule has 0 aliphatic carbocycles. The SMILES string of the molecule is CC(=O)Nc1ccc(N[C@H](C)C(=O)Nc2ccc3c(c2)OCO3)cc1. The number of ether oxygens (including phenoxy) is 2. The zero-order valence-electron chi connectivity index (χ0n) is 14.0. The van der Waals surface area contributed by atoms with Crippen LogP contribution in [0.15, 0.2) is 42.5 Å². The molecule has 3 rings (SSSR count). The monoisotopic (exact) mass is 341 g/mol. The average molecular weight is 341 g/mol. The van der Waals surface area contributed by atoms with E-state index in [9.17, 15) is 9.59 Å². The molecule has 0 bridgehead atoms. The van der Waals surface area contributed by atoms with Crippen LogP contribution in [0.5, 0.6) is 11.5 Å². The van der Waals surface area contributed by atoms with Crippen LogP contribution >= 0.6 is 0 Å². The van der Waals surface area contributed by atoms with Gasteiger partial charge in [-0.25, -0.2) is 0 Å². The van der Waals surface area contributed by atoms with Gasteiger partial charge < -0.3 is 25.4 Å². The lowest BCUT2D eigenvalue weighted by Crippen LogP contribution is -2.31. The molecule has 25 heavy (non-hydrogen) atoms. The van der Waals surface area contributed by atoms with Gasteiger partial charge in [-0.2, -0.15) is 0 Å². The van der Waals surface area contributed by atoms with Crippen molar-refractivity contribution in [1.82, 2.24) is 0 Å². The molecule has 0 radical (unpaired) electrons. The lowest BCUT2D eigenvalue weighted by atomic mass is 10.2. The Morgan fingerprint density at radius 3 is 2.28 bits per heavy atom. The van der Waals surface area contributed by atoms with Crippen LogP contribution in [0.1, 0.15) is 13.8 Å². The highest BCUT2D eigenvalue weighted by atomic mass is 16.7. The maximum absolute atomic E-state index is 12.3. The Balaban J connectivity index is 1.58. The van der Waals surface area contributed by atoms with Gasteiger partial charge in [0, 0.05) is 30.1 Å². The summed E-state index contributed by atoms with van der Waals surface area (Å²) in [4.78, 5) is 23.3. The molecule has 1 aliphatic heterocycles. The minimum absolute atomic E-state index is 0.128. The van der Waals surface area contributed by atoms with Crippen molar-refractivity contribution in [3.63, 3.8) is 0 Å². The minimum Gasteiger partial charge on any atom is -0.454 e. The van der Waals surface area contributed by atoms with E-state index in [1.54, 1.807) is 49.4 Å². The normalized spacial score (nSPS) is 13.0. The van der Waals surface area contributed by atoms with Crippen molar-refractivity contribution < 1.29 is 19.1 Å². The molecule has 7 heteroatoms. The number of hydrogen-bond donors (Lipinski definition) is 3. The molecule has 130 valence electrons. The first-order chi connectivity index (χ1) is 12.0. The number of carbonyl (C=O) groups excluding carboxylic acids is 2. The largest absolute Gasteiger partial charge is 0.454 e. The standard InChI is InChI=1S/C18H19N3O4/c1-11(19-13-3-5-14(6-4-13)20-12(2)22)18(23)21-15-7-8-16-17(9-15)25-10-24-16/h3-9,11,19H,10H2,1-2H3,(H,20,22)(H,21,23)/t11-/m1/s1. The van der Waals surface area contributed by atoms with E-state index in [1.165, 1.54) is 6.92 Å². The summed E-state index contributed by atoms with van der Waals surface area (Å²) in [6.45, 7) is 3.41. The minimum atomic E-state index is -0.447. The van der Waals surface area contributed by atoms with Crippen LogP contribution in [0.4, 0.5) is 17.1 Å². The molecular formula is C18H19N3O4. The predicted octanol–water partition coefficient (Wildman–Crippen LogP) is 2.81. The van der Waals surface area contributed by atoms with E-state index >= 15 is 0 Å². The summed E-state index contributed by atoms with van der Waals surface area (Å²) in [5.41, 5.74) is 2.13. The molecule has 0 spiro atoms. The van der Waals surface area contributed by atoms with E-state index in [2.05, 4.69) is 16.0 Å². The molecule has 0 saturated heterocycles. The smallest absolute Gasteiger partial charge is 0.246 e. The fourth-order valence-corrected chi connectivity index (χ4v) is 2.39. The van der Waals surface area contributed by atoms with E-state index in [4.69, 9.17) is 9.47 Å². The summed E-state index contributed by atoms with van der Waals surface area (Å²) >= 11 is 0. The van der Waals surface area contributed by atoms with Gasteiger partial charge in [0.05, 0.1) is 0 Å². The second-order valence-electron chi connectivity index (χ2n) is 5.68. The first-order valence-electron chi connectivity index (χ1n) is 7.86. The van der Waals surface area contributed by atoms with Crippen LogP contribution in [-0.2, 0) is 9.59 Å². The predicted molar refractivity (Wildman–Crippen MR) is 95.0 cm³/mol. The number of benzene rings is 2. The van der Waals surface area contributed by atoms with Crippen LogP contribution in [0, 0.1) is 0 Å². The number of anilines is 3. The van der Waals surface area contributed by atoms with E-state index in [0.29, 0.717) is 22.9 Å². The first-order valence-corrected chi connectivity index (χ1v) is 7.86. The van der Waals surface area contributed by atoms with Crippen LogP contribution in [-0.4, -0.2) is 24.6 Å². The summed E-state index contributed by atoms with van der Waals surface area (Å²) in [7, 11) is 0. The van der Waals surface area contributed by atoms with Gasteiger partial charge in [-0.3, -0.25) is 9.59 Å². The van der Waals surface area contributed by atoms with E-state index in [1.807, 2.05) is 0 Å². The van der Waals surface area contributed by atoms with E-state index in [0.717, 1.165) is 5.69 Å². The third kappa shape index (κ3) is 4.20. The maximum atomic E-state index is 12.3. The molecule has 1 atom stereocenters. The zero-order chi connectivity index (χ0) is 17.8. The quantitative estimate of drug-likeness (QED) is 0.778. The van der Waals surface area contributed by atoms with Gasteiger partial charge in [-0.15, -0.1) is 0 Å². The Bertz CT molecular complexity index is 789. The van der Waals surface area contributed by atoms with Gasteiger partial charge in [0.2, 0.25) is 18.6 Å². The summed E-state index contributed by atoms with van der Waals surface area (Å²) in [5.74, 6) is 0.984. The molecule has 2 amide bonds. The molecule has 0 saturated carbocycles. The Labute approximate surface area is 145 Å². The number of carbonyl (C=O) groups is 2. The zero-order valence-corrected chi connectivity index (χ0v) is 14.0. The van der Waals surface area contributed by atoms with Gasteiger partial charge >= 0.3 is 0 Å². The van der Waals surface area contributed by atoms with Crippen LogP contribution in [0.2, 0.25) is 0 Å². The topological polar surface area (TPSA) is 88.7 Å². The molecular weight excluding hydrogens is 322 g/mol. The highest BCUT2D eigenvalue weighted by molar-refractivity contribution is 5.96. The molecule has 0 aromatic heterocycles. The van der Waals surface area contributed by atoms with Crippen molar-refractivity contribution in [3.05, 3.63) is 42.5 Å². The van der Waals surface area contributed by atoms with E-state index in [-0.39, 0.29) is 18.6 Å². The van der Waals surface area contributed by atoms with Crippen molar-refractivity contribution in [2.24, 2.45) is 0 Å². The molecule has 1 heterocycles. The van der Waals surface area contributed by atoms with Crippen LogP contribution in [0.25, 0.3) is 0 Å². The fraction of sp³-hybridized carbons (Fsp3) is 0.222. The summed E-state index contributed by atoms with van der Waals surface area (Å²) < 4.78 is 10.5. The van der Waals surface area contributed by atoms with Crippen LogP contribution in [0.3, 0.4) is 0 Å². The lowest BCUT2D eigenvalue weighted by Gasteiger charge is -2.16. The molecule has 7 nitrogen and oxygen atoms in total. The van der Waals surface area contributed by atoms with Crippen molar-refractivity contribution in [1.29, 1.82) is 0 Å². The number of fused-ring (bicyclic) bond motifs is 1. The summed E-state index contributed by atoms with van der Waals surface area (Å²) in [6, 6.07) is 12.0. The van der Waals surface area contributed by atoms with E-state index < -0.39 is 6.04 Å². The van der Waals surface area contributed by atoms with Gasteiger partial charge in [0.1, 0.15) is 6.04 Å². The Morgan fingerprint density at radius 1 is 0.920 bits per heavy atom. The Morgan fingerprint density at radius 2 is 1.56 bits per heavy atom. The van der Waals surface area contributed by atoms with Crippen molar-refractivity contribution in [2.45, 2.75) is 19.9 Å².